The first-order valence-corrected chi connectivity index (χ1v) is 6.00. The number of hydrogen-bond acceptors (Lipinski definition) is 2. The zero-order valence-corrected chi connectivity index (χ0v) is 10.1. The highest BCUT2D eigenvalue weighted by atomic mass is 19.1. The summed E-state index contributed by atoms with van der Waals surface area (Å²) in [5.41, 5.74) is 0.415. The summed E-state index contributed by atoms with van der Waals surface area (Å²) in [4.78, 5) is 15.4. The minimum atomic E-state index is -0.565. The van der Waals surface area contributed by atoms with E-state index in [1.54, 1.807) is 0 Å². The van der Waals surface area contributed by atoms with Gasteiger partial charge in [-0.05, 0) is 36.8 Å². The predicted octanol–water partition coefficient (Wildman–Crippen LogP) is 2.39. The van der Waals surface area contributed by atoms with Crippen molar-refractivity contribution in [1.29, 1.82) is 0 Å². The van der Waals surface area contributed by atoms with Gasteiger partial charge in [-0.15, -0.1) is 0 Å². The number of nitrogens with zero attached hydrogens (tertiary/aromatic N) is 1. The Kier molecular flexibility index (Phi) is 3.41. The van der Waals surface area contributed by atoms with Crippen LogP contribution in [0.25, 0.3) is 0 Å². The largest absolute Gasteiger partial charge is 0.349 e. The Morgan fingerprint density at radius 2 is 2.18 bits per heavy atom. The van der Waals surface area contributed by atoms with Crippen molar-refractivity contribution in [1.82, 2.24) is 10.3 Å². The molecule has 1 N–H and O–H groups in total. The van der Waals surface area contributed by atoms with Gasteiger partial charge in [0.25, 0.3) is 5.91 Å². The van der Waals surface area contributed by atoms with Gasteiger partial charge < -0.3 is 5.32 Å². The highest BCUT2D eigenvalue weighted by molar-refractivity contribution is 5.94. The van der Waals surface area contributed by atoms with Gasteiger partial charge in [-0.1, -0.05) is 13.8 Å². The highest BCUT2D eigenvalue weighted by Gasteiger charge is 2.30. The van der Waals surface area contributed by atoms with Crippen LogP contribution in [0.1, 0.15) is 37.0 Å². The molecule has 1 amide bonds. The Bertz CT molecular complexity index is 404. The van der Waals surface area contributed by atoms with E-state index in [2.05, 4.69) is 24.1 Å². The summed E-state index contributed by atoms with van der Waals surface area (Å²) < 4.78 is 12.6. The van der Waals surface area contributed by atoms with Gasteiger partial charge in [0.1, 0.15) is 0 Å². The van der Waals surface area contributed by atoms with Crippen LogP contribution in [0.4, 0.5) is 4.39 Å². The van der Waals surface area contributed by atoms with Gasteiger partial charge >= 0.3 is 0 Å². The van der Waals surface area contributed by atoms with Gasteiger partial charge in [-0.3, -0.25) is 4.79 Å². The molecule has 2 rings (SSSR count). The zero-order chi connectivity index (χ0) is 12.4. The van der Waals surface area contributed by atoms with E-state index in [-0.39, 0.29) is 11.9 Å². The number of nitrogens with one attached hydrogen (secondary N) is 1. The molecule has 0 spiro atoms. The van der Waals surface area contributed by atoms with Gasteiger partial charge in [-0.2, -0.15) is 4.39 Å². The van der Waals surface area contributed by atoms with Gasteiger partial charge in [0.05, 0.1) is 5.56 Å². The molecule has 0 aliphatic heterocycles. The van der Waals surface area contributed by atoms with Crippen molar-refractivity contribution in [3.63, 3.8) is 0 Å². The van der Waals surface area contributed by atoms with Crippen molar-refractivity contribution < 1.29 is 9.18 Å². The number of pyridine rings is 1. The van der Waals surface area contributed by atoms with E-state index in [9.17, 15) is 9.18 Å². The minimum Gasteiger partial charge on any atom is -0.349 e. The number of halogens is 1. The second kappa shape index (κ2) is 4.82. The van der Waals surface area contributed by atoms with Crippen LogP contribution < -0.4 is 5.32 Å². The number of carbonyl (C=O) groups is 1. The predicted molar refractivity (Wildman–Crippen MR) is 63.0 cm³/mol. The first-order chi connectivity index (χ1) is 8.08. The topological polar surface area (TPSA) is 42.0 Å². The van der Waals surface area contributed by atoms with Crippen LogP contribution >= 0.6 is 0 Å². The normalized spacial score (nSPS) is 28.1. The molecule has 1 saturated carbocycles. The lowest BCUT2D eigenvalue weighted by molar-refractivity contribution is 0.0927. The summed E-state index contributed by atoms with van der Waals surface area (Å²) in [6.45, 7) is 4.36. The standard InChI is InChI=1S/C13H17FN2O/c1-8-3-5-11(9(8)2)16-13(17)10-4-6-12(14)15-7-10/h4,6-9,11H,3,5H2,1-2H3,(H,16,17). The molecule has 1 aliphatic rings. The molecule has 92 valence electrons. The Morgan fingerprint density at radius 3 is 2.71 bits per heavy atom. The van der Waals surface area contributed by atoms with E-state index in [0.717, 1.165) is 12.8 Å². The molecule has 1 heterocycles. The molecule has 0 bridgehead atoms. The van der Waals surface area contributed by atoms with Crippen LogP contribution in [-0.4, -0.2) is 16.9 Å². The maximum Gasteiger partial charge on any atom is 0.253 e. The molecule has 1 aliphatic carbocycles. The zero-order valence-electron chi connectivity index (χ0n) is 10.1. The molecular formula is C13H17FN2O. The molecule has 3 unspecified atom stereocenters. The fraction of sp³-hybridized carbons (Fsp3) is 0.538. The Balaban J connectivity index is 2.00. The fourth-order valence-corrected chi connectivity index (χ4v) is 2.33. The summed E-state index contributed by atoms with van der Waals surface area (Å²) in [5.74, 6) is 0.409. The summed E-state index contributed by atoms with van der Waals surface area (Å²) in [6.07, 6.45) is 3.43. The van der Waals surface area contributed by atoms with Crippen molar-refractivity contribution in [2.45, 2.75) is 32.7 Å². The summed E-state index contributed by atoms with van der Waals surface area (Å²) in [6, 6.07) is 2.89. The van der Waals surface area contributed by atoms with E-state index < -0.39 is 5.95 Å². The molecular weight excluding hydrogens is 219 g/mol. The van der Waals surface area contributed by atoms with Crippen molar-refractivity contribution >= 4 is 5.91 Å². The van der Waals surface area contributed by atoms with Crippen molar-refractivity contribution in [3.8, 4) is 0 Å². The average molecular weight is 236 g/mol. The molecule has 17 heavy (non-hydrogen) atoms. The lowest BCUT2D eigenvalue weighted by Crippen LogP contribution is -2.37. The van der Waals surface area contributed by atoms with Gasteiger partial charge in [-0.25, -0.2) is 4.98 Å². The Labute approximate surface area is 100 Å². The maximum atomic E-state index is 12.6. The van der Waals surface area contributed by atoms with Crippen LogP contribution in [0.2, 0.25) is 0 Å². The van der Waals surface area contributed by atoms with E-state index in [1.165, 1.54) is 18.3 Å². The maximum absolute atomic E-state index is 12.6. The third-order valence-corrected chi connectivity index (χ3v) is 3.77. The molecule has 4 heteroatoms. The van der Waals surface area contributed by atoms with Crippen molar-refractivity contribution in [2.75, 3.05) is 0 Å². The van der Waals surface area contributed by atoms with Crippen LogP contribution in [0, 0.1) is 17.8 Å². The number of carbonyl (C=O) groups excluding carboxylic acids is 1. The summed E-state index contributed by atoms with van der Waals surface area (Å²) in [7, 11) is 0. The third-order valence-electron chi connectivity index (χ3n) is 3.77. The minimum absolute atomic E-state index is 0.163. The quantitative estimate of drug-likeness (QED) is 0.801. The fourth-order valence-electron chi connectivity index (χ4n) is 2.33. The second-order valence-electron chi connectivity index (χ2n) is 4.86. The molecule has 3 atom stereocenters. The molecule has 0 aromatic carbocycles. The molecule has 0 saturated heterocycles. The van der Waals surface area contributed by atoms with Crippen LogP contribution in [0.15, 0.2) is 18.3 Å². The van der Waals surface area contributed by atoms with Gasteiger partial charge in [0.15, 0.2) is 0 Å². The van der Waals surface area contributed by atoms with Crippen LogP contribution in [0.3, 0.4) is 0 Å². The Hall–Kier alpha value is -1.45. The van der Waals surface area contributed by atoms with Crippen molar-refractivity contribution in [2.24, 2.45) is 11.8 Å². The first kappa shape index (κ1) is 12.0. The van der Waals surface area contributed by atoms with E-state index in [0.29, 0.717) is 17.4 Å². The third kappa shape index (κ3) is 2.62. The first-order valence-electron chi connectivity index (χ1n) is 6.00. The monoisotopic (exact) mass is 236 g/mol. The summed E-state index contributed by atoms with van der Waals surface area (Å²) >= 11 is 0. The number of hydrogen-bond donors (Lipinski definition) is 1. The number of rotatable bonds is 2. The lowest BCUT2D eigenvalue weighted by Gasteiger charge is -2.19. The molecule has 1 aromatic rings. The van der Waals surface area contributed by atoms with E-state index >= 15 is 0 Å². The van der Waals surface area contributed by atoms with Crippen LogP contribution in [-0.2, 0) is 0 Å². The second-order valence-corrected chi connectivity index (χ2v) is 4.86. The van der Waals surface area contributed by atoms with Crippen molar-refractivity contribution in [3.05, 3.63) is 29.8 Å². The van der Waals surface area contributed by atoms with Crippen LogP contribution in [0.5, 0.6) is 0 Å². The van der Waals surface area contributed by atoms with E-state index in [1.807, 2.05) is 0 Å². The smallest absolute Gasteiger partial charge is 0.253 e. The molecule has 0 radical (unpaired) electrons. The molecule has 1 aromatic heterocycles. The lowest BCUT2D eigenvalue weighted by atomic mass is 9.97. The van der Waals surface area contributed by atoms with E-state index in [4.69, 9.17) is 0 Å². The molecule has 1 fully saturated rings. The average Bonchev–Trinajstić information content (AvgIpc) is 2.62. The van der Waals surface area contributed by atoms with Gasteiger partial charge in [0.2, 0.25) is 5.95 Å². The summed E-state index contributed by atoms with van der Waals surface area (Å²) in [5, 5.41) is 2.99. The number of aromatic nitrogens is 1. The number of amides is 1. The molecule has 3 nitrogen and oxygen atoms in total. The highest BCUT2D eigenvalue weighted by Crippen LogP contribution is 2.31. The Morgan fingerprint density at radius 1 is 1.41 bits per heavy atom. The SMILES string of the molecule is CC1CCC(NC(=O)c2ccc(F)nc2)C1C. The van der Waals surface area contributed by atoms with Gasteiger partial charge in [0, 0.05) is 12.2 Å².